The first-order chi connectivity index (χ1) is 13.0. The molecule has 2 aromatic rings. The van der Waals surface area contributed by atoms with Crippen molar-refractivity contribution < 1.29 is 9.53 Å². The minimum atomic E-state index is -0.497. The van der Waals surface area contributed by atoms with E-state index in [9.17, 15) is 4.79 Å². The Morgan fingerprint density at radius 3 is 2.74 bits per heavy atom. The van der Waals surface area contributed by atoms with Crippen molar-refractivity contribution in [1.82, 2.24) is 10.3 Å². The fourth-order valence-corrected chi connectivity index (χ4v) is 5.85. The zero-order chi connectivity index (χ0) is 19.1. The molecule has 140 valence electrons. The van der Waals surface area contributed by atoms with Crippen LogP contribution in [-0.2, 0) is 4.79 Å². The Morgan fingerprint density at radius 2 is 2.00 bits per heavy atom. The van der Waals surface area contributed by atoms with E-state index in [1.54, 1.807) is 7.11 Å². The number of carbonyl (C=O) groups excluding carboxylic acids is 1. The van der Waals surface area contributed by atoms with Crippen LogP contribution in [0.5, 0.6) is 5.75 Å². The molecule has 0 radical (unpaired) electrons. The number of hydrogen-bond acceptors (Lipinski definition) is 6. The molecule has 2 aliphatic heterocycles. The summed E-state index contributed by atoms with van der Waals surface area (Å²) in [4.78, 5) is 12.9. The highest BCUT2D eigenvalue weighted by Gasteiger charge is 2.42. The van der Waals surface area contributed by atoms with E-state index in [1.165, 1.54) is 11.8 Å². The number of rotatable bonds is 2. The smallest absolute Gasteiger partial charge is 0.255 e. The van der Waals surface area contributed by atoms with E-state index in [4.69, 9.17) is 9.84 Å². The number of amides is 1. The monoisotopic (exact) mass is 606 g/mol. The molecule has 0 saturated heterocycles. The van der Waals surface area contributed by atoms with Crippen LogP contribution in [0.15, 0.2) is 41.5 Å². The van der Waals surface area contributed by atoms with Gasteiger partial charge in [0, 0.05) is 20.4 Å². The second kappa shape index (κ2) is 7.66. The Bertz CT molecular complexity index is 953. The highest BCUT2D eigenvalue weighted by Crippen LogP contribution is 2.45. The SMILES string of the molecule is COc1c(I)cc(I)cc1[C@@H]1Nc2ccccc2[C@H]2C(=O)NC(SC)=NN21. The van der Waals surface area contributed by atoms with Gasteiger partial charge in [-0.1, -0.05) is 30.0 Å². The quantitative estimate of drug-likeness (QED) is 0.504. The molecule has 4 rings (SSSR count). The van der Waals surface area contributed by atoms with Crippen molar-refractivity contribution in [2.45, 2.75) is 12.2 Å². The van der Waals surface area contributed by atoms with Gasteiger partial charge < -0.3 is 15.4 Å². The molecule has 0 bridgehead atoms. The first kappa shape index (κ1) is 19.1. The molecule has 0 spiro atoms. The number of benzene rings is 2. The minimum Gasteiger partial charge on any atom is -0.495 e. The molecule has 27 heavy (non-hydrogen) atoms. The predicted molar refractivity (Wildman–Crippen MR) is 125 cm³/mol. The largest absolute Gasteiger partial charge is 0.495 e. The molecule has 0 saturated carbocycles. The van der Waals surface area contributed by atoms with Crippen molar-refractivity contribution in [3.63, 3.8) is 0 Å². The Hall–Kier alpha value is -1.21. The topological polar surface area (TPSA) is 66.0 Å². The summed E-state index contributed by atoms with van der Waals surface area (Å²) in [6, 6.07) is 11.5. The van der Waals surface area contributed by atoms with Gasteiger partial charge in [0.25, 0.3) is 5.91 Å². The molecule has 0 unspecified atom stereocenters. The maximum Gasteiger partial charge on any atom is 0.255 e. The van der Waals surface area contributed by atoms with Crippen LogP contribution in [0.2, 0.25) is 0 Å². The van der Waals surface area contributed by atoms with E-state index in [0.29, 0.717) is 5.17 Å². The number of hydrogen-bond donors (Lipinski definition) is 2. The van der Waals surface area contributed by atoms with Gasteiger partial charge in [-0.3, -0.25) is 9.80 Å². The zero-order valence-corrected chi connectivity index (χ0v) is 19.6. The van der Waals surface area contributed by atoms with Gasteiger partial charge in [0.15, 0.2) is 11.2 Å². The summed E-state index contributed by atoms with van der Waals surface area (Å²) in [5.41, 5.74) is 2.79. The normalized spacial score (nSPS) is 20.8. The van der Waals surface area contributed by atoms with Crippen molar-refractivity contribution in [1.29, 1.82) is 0 Å². The lowest BCUT2D eigenvalue weighted by atomic mass is 9.97. The van der Waals surface area contributed by atoms with Crippen LogP contribution in [0, 0.1) is 7.14 Å². The maximum atomic E-state index is 12.9. The lowest BCUT2D eigenvalue weighted by Gasteiger charge is -2.44. The highest BCUT2D eigenvalue weighted by molar-refractivity contribution is 14.1. The van der Waals surface area contributed by atoms with Crippen molar-refractivity contribution in [2.75, 3.05) is 18.7 Å². The number of amidine groups is 1. The van der Waals surface area contributed by atoms with Gasteiger partial charge in [0.1, 0.15) is 11.9 Å². The summed E-state index contributed by atoms with van der Waals surface area (Å²) in [6.07, 6.45) is 1.57. The number of para-hydroxylation sites is 1. The number of carbonyl (C=O) groups is 1. The molecular weight excluding hydrogens is 590 g/mol. The number of halogens is 2. The van der Waals surface area contributed by atoms with E-state index < -0.39 is 6.04 Å². The zero-order valence-electron chi connectivity index (χ0n) is 14.5. The number of nitrogens with zero attached hydrogens (tertiary/aromatic N) is 2. The Balaban J connectivity index is 1.92. The van der Waals surface area contributed by atoms with Crippen LogP contribution in [0.3, 0.4) is 0 Å². The van der Waals surface area contributed by atoms with Gasteiger partial charge in [0.05, 0.1) is 10.7 Å². The second-order valence-electron chi connectivity index (χ2n) is 6.03. The van der Waals surface area contributed by atoms with Gasteiger partial charge in [0.2, 0.25) is 0 Å². The van der Waals surface area contributed by atoms with Gasteiger partial charge in [-0.05, 0) is 69.6 Å². The van der Waals surface area contributed by atoms with Crippen LogP contribution in [0.25, 0.3) is 0 Å². The summed E-state index contributed by atoms with van der Waals surface area (Å²) < 4.78 is 7.82. The minimum absolute atomic E-state index is 0.0763. The van der Waals surface area contributed by atoms with Crippen molar-refractivity contribution in [3.8, 4) is 5.75 Å². The molecule has 2 atom stereocenters. The molecule has 0 fully saturated rings. The number of hydrazone groups is 1. The highest BCUT2D eigenvalue weighted by atomic mass is 127. The average Bonchev–Trinajstić information content (AvgIpc) is 2.66. The molecule has 2 heterocycles. The van der Waals surface area contributed by atoms with Crippen LogP contribution < -0.4 is 15.4 Å². The Morgan fingerprint density at radius 1 is 1.22 bits per heavy atom. The fourth-order valence-electron chi connectivity index (χ4n) is 3.36. The van der Waals surface area contributed by atoms with E-state index in [2.05, 4.69) is 67.9 Å². The number of fused-ring (bicyclic) bond motifs is 3. The average molecular weight is 606 g/mol. The lowest BCUT2D eigenvalue weighted by molar-refractivity contribution is -0.127. The number of methoxy groups -OCH3 is 1. The van der Waals surface area contributed by atoms with Crippen molar-refractivity contribution in [2.24, 2.45) is 5.10 Å². The van der Waals surface area contributed by atoms with Gasteiger partial charge >= 0.3 is 0 Å². The van der Waals surface area contributed by atoms with Gasteiger partial charge in [-0.25, -0.2) is 0 Å². The van der Waals surface area contributed by atoms with Crippen LogP contribution >= 0.6 is 56.9 Å². The fraction of sp³-hybridized carbons (Fsp3) is 0.222. The summed E-state index contributed by atoms with van der Waals surface area (Å²) >= 11 is 5.99. The van der Waals surface area contributed by atoms with E-state index >= 15 is 0 Å². The standard InChI is InChI=1S/C18H16I2N4O2S/c1-26-15-11(7-9(19)8-12(15)20)16-21-13-6-4-3-5-10(13)14-17(25)22-18(27-2)23-24(14)16/h3-8,14,16,21H,1-2H3,(H,22,23,25)/t14-,16+/m0/s1. The van der Waals surface area contributed by atoms with Crippen LogP contribution in [0.4, 0.5) is 5.69 Å². The third kappa shape index (κ3) is 3.37. The number of thioether (sulfide) groups is 1. The Labute approximate surface area is 188 Å². The molecule has 2 N–H and O–H groups in total. The molecule has 6 nitrogen and oxygen atoms in total. The summed E-state index contributed by atoms with van der Waals surface area (Å²) in [5, 5.41) is 13.6. The van der Waals surface area contributed by atoms with Crippen molar-refractivity contribution in [3.05, 3.63) is 54.7 Å². The number of nitrogens with one attached hydrogen (secondary N) is 2. The molecule has 2 aliphatic rings. The van der Waals surface area contributed by atoms with Crippen molar-refractivity contribution >= 4 is 73.7 Å². The molecule has 9 heteroatoms. The van der Waals surface area contributed by atoms with E-state index in [-0.39, 0.29) is 12.1 Å². The van der Waals surface area contributed by atoms with Crippen LogP contribution in [-0.4, -0.2) is 29.4 Å². The van der Waals surface area contributed by atoms with Crippen LogP contribution in [0.1, 0.15) is 23.3 Å². The first-order valence-electron chi connectivity index (χ1n) is 8.13. The van der Waals surface area contributed by atoms with Gasteiger partial charge in [-0.15, -0.1) is 5.10 Å². The third-order valence-electron chi connectivity index (χ3n) is 4.49. The van der Waals surface area contributed by atoms with E-state index in [0.717, 1.165) is 29.7 Å². The van der Waals surface area contributed by atoms with Gasteiger partial charge in [-0.2, -0.15) is 0 Å². The maximum absolute atomic E-state index is 12.9. The molecule has 1 amide bonds. The number of ether oxygens (including phenoxy) is 1. The predicted octanol–water partition coefficient (Wildman–Crippen LogP) is 4.14. The summed E-state index contributed by atoms with van der Waals surface area (Å²) in [6.45, 7) is 0. The second-order valence-corrected chi connectivity index (χ2v) is 9.23. The molecular formula is C18H16I2N4O2S. The first-order valence-corrected chi connectivity index (χ1v) is 11.5. The molecule has 0 aliphatic carbocycles. The molecule has 2 aromatic carbocycles. The summed E-state index contributed by atoms with van der Waals surface area (Å²) in [7, 11) is 1.67. The number of anilines is 1. The lowest BCUT2D eigenvalue weighted by Crippen LogP contribution is -2.50. The van der Waals surface area contributed by atoms with E-state index in [1.807, 2.05) is 35.5 Å². The molecule has 0 aromatic heterocycles. The Kier molecular flexibility index (Phi) is 5.43. The third-order valence-corrected chi connectivity index (χ3v) is 6.49. The summed E-state index contributed by atoms with van der Waals surface area (Å²) in [5.74, 6) is 0.714.